The van der Waals surface area contributed by atoms with E-state index in [9.17, 15) is 5.11 Å². The Morgan fingerprint density at radius 1 is 1.58 bits per heavy atom. The summed E-state index contributed by atoms with van der Waals surface area (Å²) >= 11 is 0. The first-order chi connectivity index (χ1) is 5.64. The second kappa shape index (κ2) is 3.76. The van der Waals surface area contributed by atoms with E-state index in [1.165, 1.54) is 0 Å². The fourth-order valence-corrected chi connectivity index (χ4v) is 1.02. The minimum atomic E-state index is -0.549. The SMILES string of the molecule is CCC(C)(O)CCc1ccco1. The summed E-state index contributed by atoms with van der Waals surface area (Å²) in [4.78, 5) is 0. The molecule has 2 nitrogen and oxygen atoms in total. The summed E-state index contributed by atoms with van der Waals surface area (Å²) in [5.41, 5.74) is -0.549. The first-order valence-electron chi connectivity index (χ1n) is 4.39. The van der Waals surface area contributed by atoms with Crippen molar-refractivity contribution in [1.29, 1.82) is 0 Å². The number of rotatable bonds is 4. The van der Waals surface area contributed by atoms with Gasteiger partial charge in [-0.15, -0.1) is 0 Å². The van der Waals surface area contributed by atoms with Gasteiger partial charge in [-0.05, 0) is 31.9 Å². The molecule has 1 unspecified atom stereocenters. The van der Waals surface area contributed by atoms with Crippen LogP contribution in [0.25, 0.3) is 0 Å². The van der Waals surface area contributed by atoms with Crippen molar-refractivity contribution < 1.29 is 9.52 Å². The number of furan rings is 1. The molecule has 1 rings (SSSR count). The quantitative estimate of drug-likeness (QED) is 0.748. The maximum atomic E-state index is 9.68. The zero-order valence-corrected chi connectivity index (χ0v) is 7.71. The second-order valence-corrected chi connectivity index (χ2v) is 3.43. The predicted octanol–water partition coefficient (Wildman–Crippen LogP) is 2.37. The van der Waals surface area contributed by atoms with E-state index in [0.717, 1.165) is 25.0 Å². The van der Waals surface area contributed by atoms with Crippen molar-refractivity contribution in [2.24, 2.45) is 0 Å². The molecule has 12 heavy (non-hydrogen) atoms. The molecule has 68 valence electrons. The van der Waals surface area contributed by atoms with Gasteiger partial charge in [-0.1, -0.05) is 6.92 Å². The van der Waals surface area contributed by atoms with Crippen molar-refractivity contribution >= 4 is 0 Å². The minimum absolute atomic E-state index is 0.549. The first kappa shape index (κ1) is 9.33. The smallest absolute Gasteiger partial charge is 0.103 e. The van der Waals surface area contributed by atoms with Crippen LogP contribution in [-0.4, -0.2) is 10.7 Å². The maximum absolute atomic E-state index is 9.68. The molecule has 0 fully saturated rings. The molecule has 0 aliphatic carbocycles. The molecular weight excluding hydrogens is 152 g/mol. The van der Waals surface area contributed by atoms with Crippen LogP contribution < -0.4 is 0 Å². The summed E-state index contributed by atoms with van der Waals surface area (Å²) in [6.07, 6.45) is 4.02. The van der Waals surface area contributed by atoms with Gasteiger partial charge in [0.05, 0.1) is 11.9 Å². The summed E-state index contributed by atoms with van der Waals surface area (Å²) in [6, 6.07) is 3.81. The normalized spacial score (nSPS) is 15.9. The zero-order chi connectivity index (χ0) is 9.03. The van der Waals surface area contributed by atoms with Gasteiger partial charge in [-0.3, -0.25) is 0 Å². The van der Waals surface area contributed by atoms with Crippen LogP contribution in [0.2, 0.25) is 0 Å². The fraction of sp³-hybridized carbons (Fsp3) is 0.600. The molecule has 0 aromatic carbocycles. The van der Waals surface area contributed by atoms with Crippen LogP contribution >= 0.6 is 0 Å². The lowest BCUT2D eigenvalue weighted by Gasteiger charge is -2.19. The van der Waals surface area contributed by atoms with Crippen molar-refractivity contribution in [3.8, 4) is 0 Å². The molecule has 0 radical (unpaired) electrons. The van der Waals surface area contributed by atoms with E-state index in [1.54, 1.807) is 6.26 Å². The molecule has 1 atom stereocenters. The van der Waals surface area contributed by atoms with Crippen LogP contribution in [0.4, 0.5) is 0 Å². The summed E-state index contributed by atoms with van der Waals surface area (Å²) in [5.74, 6) is 0.948. The van der Waals surface area contributed by atoms with E-state index in [2.05, 4.69) is 0 Å². The standard InChI is InChI=1S/C10H16O2/c1-3-10(2,11)7-6-9-5-4-8-12-9/h4-5,8,11H,3,6-7H2,1-2H3. The van der Waals surface area contributed by atoms with E-state index in [4.69, 9.17) is 4.42 Å². The Labute approximate surface area is 73.2 Å². The second-order valence-electron chi connectivity index (χ2n) is 3.43. The highest BCUT2D eigenvalue weighted by Crippen LogP contribution is 2.17. The fourth-order valence-electron chi connectivity index (χ4n) is 1.02. The maximum Gasteiger partial charge on any atom is 0.103 e. The molecule has 0 aliphatic rings. The van der Waals surface area contributed by atoms with Crippen molar-refractivity contribution in [3.05, 3.63) is 24.2 Å². The number of aliphatic hydroxyl groups is 1. The van der Waals surface area contributed by atoms with Crippen molar-refractivity contribution in [3.63, 3.8) is 0 Å². The zero-order valence-electron chi connectivity index (χ0n) is 7.71. The van der Waals surface area contributed by atoms with Crippen molar-refractivity contribution in [2.75, 3.05) is 0 Å². The highest BCUT2D eigenvalue weighted by molar-refractivity contribution is 4.98. The monoisotopic (exact) mass is 168 g/mol. The van der Waals surface area contributed by atoms with Gasteiger partial charge >= 0.3 is 0 Å². The molecule has 0 spiro atoms. The molecule has 0 saturated carbocycles. The van der Waals surface area contributed by atoms with Crippen LogP contribution in [0.1, 0.15) is 32.4 Å². The summed E-state index contributed by atoms with van der Waals surface area (Å²) < 4.78 is 5.16. The van der Waals surface area contributed by atoms with E-state index in [-0.39, 0.29) is 0 Å². The van der Waals surface area contributed by atoms with Gasteiger partial charge in [-0.2, -0.15) is 0 Å². The number of aryl methyl sites for hydroxylation is 1. The molecular formula is C10H16O2. The van der Waals surface area contributed by atoms with Gasteiger partial charge in [0.25, 0.3) is 0 Å². The van der Waals surface area contributed by atoms with Gasteiger partial charge in [0.1, 0.15) is 5.76 Å². The lowest BCUT2D eigenvalue weighted by Crippen LogP contribution is -2.23. The lowest BCUT2D eigenvalue weighted by atomic mass is 9.97. The highest BCUT2D eigenvalue weighted by Gasteiger charge is 2.17. The average molecular weight is 168 g/mol. The number of hydrogen-bond acceptors (Lipinski definition) is 2. The molecule has 0 aliphatic heterocycles. The lowest BCUT2D eigenvalue weighted by molar-refractivity contribution is 0.0459. The van der Waals surface area contributed by atoms with Crippen LogP contribution in [0.5, 0.6) is 0 Å². The molecule has 1 aromatic rings. The Morgan fingerprint density at radius 3 is 2.83 bits per heavy atom. The van der Waals surface area contributed by atoms with Gasteiger partial charge in [0.15, 0.2) is 0 Å². The van der Waals surface area contributed by atoms with E-state index < -0.39 is 5.60 Å². The Morgan fingerprint density at radius 2 is 2.33 bits per heavy atom. The summed E-state index contributed by atoms with van der Waals surface area (Å²) in [6.45, 7) is 3.85. The molecule has 2 heteroatoms. The van der Waals surface area contributed by atoms with Crippen LogP contribution in [0.3, 0.4) is 0 Å². The third-order valence-corrected chi connectivity index (χ3v) is 2.25. The Bertz CT molecular complexity index is 212. The third kappa shape index (κ3) is 2.70. The van der Waals surface area contributed by atoms with Crippen LogP contribution in [-0.2, 0) is 6.42 Å². The largest absolute Gasteiger partial charge is 0.469 e. The molecule has 1 aromatic heterocycles. The van der Waals surface area contributed by atoms with Gasteiger partial charge in [0, 0.05) is 6.42 Å². The van der Waals surface area contributed by atoms with Crippen LogP contribution in [0.15, 0.2) is 22.8 Å². The highest BCUT2D eigenvalue weighted by atomic mass is 16.3. The first-order valence-corrected chi connectivity index (χ1v) is 4.39. The van der Waals surface area contributed by atoms with E-state index in [1.807, 2.05) is 26.0 Å². The van der Waals surface area contributed by atoms with Gasteiger partial charge < -0.3 is 9.52 Å². The average Bonchev–Trinajstić information content (AvgIpc) is 2.53. The summed E-state index contributed by atoms with van der Waals surface area (Å²) in [7, 11) is 0. The van der Waals surface area contributed by atoms with E-state index >= 15 is 0 Å². The predicted molar refractivity (Wildman–Crippen MR) is 47.9 cm³/mol. The van der Waals surface area contributed by atoms with E-state index in [0.29, 0.717) is 0 Å². The topological polar surface area (TPSA) is 33.4 Å². The Balaban J connectivity index is 2.36. The molecule has 1 N–H and O–H groups in total. The summed E-state index contributed by atoms with van der Waals surface area (Å²) in [5, 5.41) is 9.68. The molecule has 0 amide bonds. The van der Waals surface area contributed by atoms with Gasteiger partial charge in [-0.25, -0.2) is 0 Å². The van der Waals surface area contributed by atoms with Gasteiger partial charge in [0.2, 0.25) is 0 Å². The number of hydrogen-bond donors (Lipinski definition) is 1. The Kier molecular flexibility index (Phi) is 2.93. The molecule has 0 bridgehead atoms. The molecule has 1 heterocycles. The third-order valence-electron chi connectivity index (χ3n) is 2.25. The minimum Gasteiger partial charge on any atom is -0.469 e. The van der Waals surface area contributed by atoms with Crippen molar-refractivity contribution in [2.45, 2.75) is 38.7 Å². The van der Waals surface area contributed by atoms with Crippen molar-refractivity contribution in [1.82, 2.24) is 0 Å². The molecule has 0 saturated heterocycles. The van der Waals surface area contributed by atoms with Crippen LogP contribution in [0, 0.1) is 0 Å². The Hall–Kier alpha value is -0.760.